The molecule has 2 aliphatic heterocycles. The molecule has 5 heterocycles. The first-order chi connectivity index (χ1) is 19.9. The summed E-state index contributed by atoms with van der Waals surface area (Å²) in [6.45, 7) is 2.26. The number of rotatable bonds is 6. The van der Waals surface area contributed by atoms with Gasteiger partial charge in [0.25, 0.3) is 5.91 Å². The van der Waals surface area contributed by atoms with Crippen molar-refractivity contribution in [2.75, 3.05) is 37.5 Å². The number of methoxy groups -OCH3 is 1. The monoisotopic (exact) mass is 573 g/mol. The number of pyridine rings is 3. The Hall–Kier alpha value is -3.93. The van der Waals surface area contributed by atoms with Crippen molar-refractivity contribution < 1.29 is 22.7 Å². The molecule has 212 valence electrons. The van der Waals surface area contributed by atoms with Gasteiger partial charge in [0.05, 0.1) is 59.1 Å². The lowest BCUT2D eigenvalue weighted by atomic mass is 10.1. The maximum absolute atomic E-state index is 12.9. The zero-order valence-corrected chi connectivity index (χ0v) is 23.6. The average molecular weight is 574 g/mol. The Morgan fingerprint density at radius 3 is 2.88 bits per heavy atom. The number of aromatic nitrogens is 3. The number of anilines is 1. The van der Waals surface area contributed by atoms with E-state index < -0.39 is 9.84 Å². The minimum absolute atomic E-state index is 0.104. The molecule has 3 aromatic heterocycles. The number of sulfone groups is 1. The van der Waals surface area contributed by atoms with Gasteiger partial charge < -0.3 is 19.7 Å². The summed E-state index contributed by atoms with van der Waals surface area (Å²) >= 11 is 0. The Morgan fingerprint density at radius 2 is 2.00 bits per heavy atom. The van der Waals surface area contributed by atoms with Gasteiger partial charge in [0.1, 0.15) is 5.82 Å². The fraction of sp³-hybridized carbons (Fsp3) is 0.333. The lowest BCUT2D eigenvalue weighted by molar-refractivity contribution is 0.0891. The van der Waals surface area contributed by atoms with Crippen molar-refractivity contribution in [3.8, 4) is 11.4 Å². The Balaban J connectivity index is 1.19. The molecule has 1 amide bonds. The second kappa shape index (κ2) is 11.5. The lowest BCUT2D eigenvalue weighted by Crippen LogP contribution is -2.39. The number of benzene rings is 1. The van der Waals surface area contributed by atoms with Crippen molar-refractivity contribution in [2.24, 2.45) is 0 Å². The highest BCUT2D eigenvalue weighted by atomic mass is 32.2. The van der Waals surface area contributed by atoms with Gasteiger partial charge >= 0.3 is 0 Å². The normalized spacial score (nSPS) is 18.5. The quantitative estimate of drug-likeness (QED) is 0.369. The number of nitrogens with zero attached hydrogens (tertiary/aromatic N) is 4. The van der Waals surface area contributed by atoms with E-state index in [2.05, 4.69) is 15.2 Å². The summed E-state index contributed by atoms with van der Waals surface area (Å²) in [6.07, 6.45) is 4.05. The molecule has 41 heavy (non-hydrogen) atoms. The molecule has 0 aliphatic carbocycles. The molecule has 1 fully saturated rings. The highest BCUT2D eigenvalue weighted by Crippen LogP contribution is 2.25. The van der Waals surface area contributed by atoms with Gasteiger partial charge in [-0.2, -0.15) is 0 Å². The average Bonchev–Trinajstić information content (AvgIpc) is 3.16. The molecular weight excluding hydrogens is 542 g/mol. The second-order valence-electron chi connectivity index (χ2n) is 10.3. The van der Waals surface area contributed by atoms with Crippen LogP contribution in [0.15, 0.2) is 65.7 Å². The number of hydrogen-bond acceptors (Lipinski definition) is 9. The van der Waals surface area contributed by atoms with Crippen LogP contribution >= 0.6 is 0 Å². The maximum atomic E-state index is 12.9. The molecule has 0 unspecified atom stereocenters. The molecule has 0 bridgehead atoms. The third kappa shape index (κ3) is 5.92. The van der Waals surface area contributed by atoms with Crippen LogP contribution in [-0.4, -0.2) is 67.9 Å². The number of ether oxygens (including phenoxy) is 2. The van der Waals surface area contributed by atoms with Crippen molar-refractivity contribution in [2.45, 2.75) is 37.0 Å². The van der Waals surface area contributed by atoms with Crippen LogP contribution in [0.25, 0.3) is 22.3 Å². The summed E-state index contributed by atoms with van der Waals surface area (Å²) < 4.78 is 36.1. The van der Waals surface area contributed by atoms with E-state index in [0.717, 1.165) is 54.0 Å². The van der Waals surface area contributed by atoms with E-state index in [1.54, 1.807) is 25.4 Å². The van der Waals surface area contributed by atoms with Crippen molar-refractivity contribution in [3.63, 3.8) is 0 Å². The fourth-order valence-corrected chi connectivity index (χ4v) is 6.61. The summed E-state index contributed by atoms with van der Waals surface area (Å²) in [4.78, 5) is 29.5. The number of amides is 1. The Morgan fingerprint density at radius 1 is 1.12 bits per heavy atom. The van der Waals surface area contributed by atoms with Crippen molar-refractivity contribution in [1.82, 2.24) is 20.3 Å². The molecule has 0 radical (unpaired) electrons. The molecule has 6 rings (SSSR count). The van der Waals surface area contributed by atoms with Crippen LogP contribution < -0.4 is 10.2 Å². The molecule has 0 saturated carbocycles. The minimum atomic E-state index is -3.51. The van der Waals surface area contributed by atoms with Gasteiger partial charge in [-0.3, -0.25) is 9.78 Å². The molecule has 11 heteroatoms. The van der Waals surface area contributed by atoms with Gasteiger partial charge in [-0.05, 0) is 60.9 Å². The van der Waals surface area contributed by atoms with Crippen molar-refractivity contribution >= 4 is 32.5 Å². The topological polar surface area (TPSA) is 124 Å². The molecule has 1 atom stereocenters. The number of carbonyl (C=O) groups is 1. The molecular formula is C30H31N5O5S. The van der Waals surface area contributed by atoms with Crippen LogP contribution in [0.3, 0.4) is 0 Å². The predicted molar refractivity (Wildman–Crippen MR) is 154 cm³/mol. The standard InChI is InChI=1S/C30H31N5O5S/c1-39-24-4-3-11-35(18-24)29-6-2-5-25(34-29)26-10-9-21-16-31-23(15-27(21)33-26)17-32-30(36)20-7-8-22-19-40-12-13-41(37,38)28(22)14-20/h2,5-10,14-16,24H,3-4,11-13,17-19H2,1H3,(H,32,36)/t24-/m1/s1. The van der Waals surface area contributed by atoms with Crippen LogP contribution in [0.5, 0.6) is 0 Å². The molecule has 4 aromatic rings. The van der Waals surface area contributed by atoms with Crippen LogP contribution in [0.4, 0.5) is 5.82 Å². The van der Waals surface area contributed by atoms with E-state index in [1.165, 1.54) is 6.07 Å². The van der Waals surface area contributed by atoms with Crippen LogP contribution in [0, 0.1) is 0 Å². The number of nitrogens with one attached hydrogen (secondary N) is 1. The van der Waals surface area contributed by atoms with Gasteiger partial charge in [-0.25, -0.2) is 18.4 Å². The first kappa shape index (κ1) is 27.3. The van der Waals surface area contributed by atoms with Gasteiger partial charge in [0.2, 0.25) is 0 Å². The zero-order valence-electron chi connectivity index (χ0n) is 22.7. The third-order valence-corrected chi connectivity index (χ3v) is 9.27. The molecule has 1 aromatic carbocycles. The summed E-state index contributed by atoms with van der Waals surface area (Å²) in [5.74, 6) is 0.418. The Bertz CT molecular complexity index is 1710. The molecule has 10 nitrogen and oxygen atoms in total. The Labute approximate surface area is 238 Å². The van der Waals surface area contributed by atoms with E-state index >= 15 is 0 Å². The number of fused-ring (bicyclic) bond motifs is 2. The van der Waals surface area contributed by atoms with E-state index in [1.807, 2.05) is 36.4 Å². The predicted octanol–water partition coefficient (Wildman–Crippen LogP) is 3.54. The molecule has 2 aliphatic rings. The van der Waals surface area contributed by atoms with Gasteiger partial charge in [-0.1, -0.05) is 12.1 Å². The highest BCUT2D eigenvalue weighted by Gasteiger charge is 2.24. The van der Waals surface area contributed by atoms with Gasteiger partial charge in [0.15, 0.2) is 9.84 Å². The third-order valence-electron chi connectivity index (χ3n) is 7.51. The fourth-order valence-electron chi connectivity index (χ4n) is 5.22. The number of piperidine rings is 1. The van der Waals surface area contributed by atoms with E-state index in [9.17, 15) is 13.2 Å². The van der Waals surface area contributed by atoms with Crippen LogP contribution in [0.2, 0.25) is 0 Å². The molecule has 1 N–H and O–H groups in total. The summed E-state index contributed by atoms with van der Waals surface area (Å²) in [6, 6.07) is 16.4. The van der Waals surface area contributed by atoms with Crippen molar-refractivity contribution in [3.05, 3.63) is 77.6 Å². The number of carbonyl (C=O) groups excluding carboxylic acids is 1. The summed E-state index contributed by atoms with van der Waals surface area (Å²) in [5.41, 5.74) is 3.73. The maximum Gasteiger partial charge on any atom is 0.251 e. The van der Waals surface area contributed by atoms with E-state index in [4.69, 9.17) is 19.4 Å². The molecule has 0 spiro atoms. The van der Waals surface area contributed by atoms with E-state index in [0.29, 0.717) is 11.3 Å². The number of hydrogen-bond donors (Lipinski definition) is 1. The van der Waals surface area contributed by atoms with Crippen molar-refractivity contribution in [1.29, 1.82) is 0 Å². The largest absolute Gasteiger partial charge is 0.380 e. The van der Waals surface area contributed by atoms with E-state index in [-0.39, 0.29) is 48.0 Å². The lowest BCUT2D eigenvalue weighted by Gasteiger charge is -2.32. The smallest absolute Gasteiger partial charge is 0.251 e. The van der Waals surface area contributed by atoms with Crippen LogP contribution in [0.1, 0.15) is 34.5 Å². The second-order valence-corrected chi connectivity index (χ2v) is 12.3. The first-order valence-corrected chi connectivity index (χ1v) is 15.3. The van der Waals surface area contributed by atoms with Gasteiger partial charge in [-0.15, -0.1) is 0 Å². The minimum Gasteiger partial charge on any atom is -0.380 e. The van der Waals surface area contributed by atoms with Crippen LogP contribution in [-0.2, 0) is 32.5 Å². The zero-order chi connectivity index (χ0) is 28.4. The van der Waals surface area contributed by atoms with Gasteiger partial charge in [0, 0.05) is 37.3 Å². The summed E-state index contributed by atoms with van der Waals surface area (Å²) in [7, 11) is -1.75. The SMILES string of the molecule is CO[C@@H]1CCCN(c2cccc(-c3ccc4cnc(CNC(=O)c5ccc6c(c5)S(=O)(=O)CCOC6)cc4n3)n2)C1. The first-order valence-electron chi connectivity index (χ1n) is 13.6. The summed E-state index contributed by atoms with van der Waals surface area (Å²) in [5, 5.41) is 3.72. The highest BCUT2D eigenvalue weighted by molar-refractivity contribution is 7.91. The molecule has 1 saturated heterocycles. The Kier molecular flexibility index (Phi) is 7.65.